The van der Waals surface area contributed by atoms with Crippen molar-refractivity contribution in [2.24, 2.45) is 0 Å². The van der Waals surface area contributed by atoms with E-state index in [1.807, 2.05) is 6.07 Å². The number of nitrogens with zero attached hydrogens (tertiary/aromatic N) is 5. The molecule has 0 aliphatic carbocycles. The van der Waals surface area contributed by atoms with E-state index < -0.39 is 0 Å². The molecule has 0 aromatic carbocycles. The first-order valence-electron chi connectivity index (χ1n) is 7.52. The Hall–Kier alpha value is -3.03. The molecule has 0 atom stereocenters. The Morgan fingerprint density at radius 1 is 1.17 bits per heavy atom. The second kappa shape index (κ2) is 7.03. The Balaban J connectivity index is 0.000000526. The Labute approximate surface area is 137 Å². The molecule has 0 bridgehead atoms. The number of imidazole rings is 1. The largest absolute Gasteiger partial charge is 0.483 e. The van der Waals surface area contributed by atoms with Crippen LogP contribution in [0.25, 0.3) is 17.2 Å². The van der Waals surface area contributed by atoms with Crippen molar-refractivity contribution in [3.8, 4) is 11.5 Å². The zero-order valence-corrected chi connectivity index (χ0v) is 12.8. The van der Waals surface area contributed by atoms with Gasteiger partial charge in [0.05, 0.1) is 6.20 Å². The summed E-state index contributed by atoms with van der Waals surface area (Å²) in [5.41, 5.74) is 1.38. The fraction of sp³-hybridized carbons (Fsp3) is 0.250. The van der Waals surface area contributed by atoms with Gasteiger partial charge in [0.2, 0.25) is 0 Å². The highest BCUT2D eigenvalue weighted by molar-refractivity contribution is 5.58. The van der Waals surface area contributed by atoms with Crippen molar-refractivity contribution in [3.05, 3.63) is 42.6 Å². The molecule has 1 saturated heterocycles. The lowest BCUT2D eigenvalue weighted by Crippen LogP contribution is -2.19. The van der Waals surface area contributed by atoms with Crippen LogP contribution in [0.3, 0.4) is 0 Å². The summed E-state index contributed by atoms with van der Waals surface area (Å²) in [6.45, 7) is 1.80. The smallest absolute Gasteiger partial charge is 0.290 e. The molecule has 0 spiro atoms. The van der Waals surface area contributed by atoms with Gasteiger partial charge in [0.15, 0.2) is 5.82 Å². The number of hydrogen-bond acceptors (Lipinski definition) is 5. The second-order valence-corrected chi connectivity index (χ2v) is 5.26. The molecule has 0 radical (unpaired) electrons. The van der Waals surface area contributed by atoms with E-state index in [-0.39, 0.29) is 12.3 Å². The number of pyridine rings is 1. The molecule has 7 nitrogen and oxygen atoms in total. The summed E-state index contributed by atoms with van der Waals surface area (Å²) < 4.78 is 15.1. The van der Waals surface area contributed by atoms with Gasteiger partial charge in [-0.1, -0.05) is 0 Å². The number of fused-ring (bicyclic) bond motifs is 1. The minimum Gasteiger partial charge on any atom is -0.483 e. The maximum absolute atomic E-state index is 13.4. The maximum Gasteiger partial charge on any atom is 0.290 e. The van der Waals surface area contributed by atoms with Crippen molar-refractivity contribution >= 4 is 17.9 Å². The van der Waals surface area contributed by atoms with Gasteiger partial charge in [-0.3, -0.25) is 9.20 Å². The van der Waals surface area contributed by atoms with Crippen LogP contribution in [-0.2, 0) is 4.79 Å². The number of aromatic nitrogens is 4. The fourth-order valence-corrected chi connectivity index (χ4v) is 2.72. The molecule has 124 valence electrons. The summed E-state index contributed by atoms with van der Waals surface area (Å²) in [7, 11) is 0. The summed E-state index contributed by atoms with van der Waals surface area (Å²) >= 11 is 0. The van der Waals surface area contributed by atoms with Gasteiger partial charge in [0, 0.05) is 25.5 Å². The Kier molecular flexibility index (Phi) is 4.64. The molecule has 1 aliphatic rings. The number of rotatable bonds is 2. The van der Waals surface area contributed by atoms with Gasteiger partial charge >= 0.3 is 0 Å². The molecular formula is C16H16FN5O2. The summed E-state index contributed by atoms with van der Waals surface area (Å²) in [5, 5.41) is 6.89. The monoisotopic (exact) mass is 329 g/mol. The first-order valence-corrected chi connectivity index (χ1v) is 7.52. The van der Waals surface area contributed by atoms with Gasteiger partial charge < -0.3 is 10.0 Å². The Morgan fingerprint density at radius 3 is 2.67 bits per heavy atom. The Morgan fingerprint density at radius 2 is 1.92 bits per heavy atom. The van der Waals surface area contributed by atoms with Gasteiger partial charge in [-0.15, -0.1) is 0 Å². The average molecular weight is 329 g/mol. The topological polar surface area (TPSA) is 83.6 Å². The SMILES string of the molecule is Fc1ccc2ncc(-c3nccc(N4CCCC4)n3)n2c1.O=CO. The fourth-order valence-electron chi connectivity index (χ4n) is 2.72. The predicted octanol–water partition coefficient (Wildman–Crippen LogP) is 2.23. The van der Waals surface area contributed by atoms with Gasteiger partial charge in [0.1, 0.15) is 23.0 Å². The lowest BCUT2D eigenvalue weighted by Gasteiger charge is -2.16. The van der Waals surface area contributed by atoms with Crippen LogP contribution in [0.4, 0.5) is 10.2 Å². The van der Waals surface area contributed by atoms with Crippen LogP contribution in [0, 0.1) is 5.82 Å². The van der Waals surface area contributed by atoms with Gasteiger partial charge in [-0.05, 0) is 31.0 Å². The predicted molar refractivity (Wildman–Crippen MR) is 86.3 cm³/mol. The van der Waals surface area contributed by atoms with E-state index in [4.69, 9.17) is 9.90 Å². The van der Waals surface area contributed by atoms with Crippen LogP contribution >= 0.6 is 0 Å². The highest BCUT2D eigenvalue weighted by Crippen LogP contribution is 2.22. The zero-order chi connectivity index (χ0) is 16.9. The first kappa shape index (κ1) is 15.9. The first-order chi connectivity index (χ1) is 11.7. The molecule has 24 heavy (non-hydrogen) atoms. The molecule has 0 amide bonds. The van der Waals surface area contributed by atoms with Crippen LogP contribution in [-0.4, -0.2) is 44.0 Å². The van der Waals surface area contributed by atoms with Crippen molar-refractivity contribution in [2.75, 3.05) is 18.0 Å². The van der Waals surface area contributed by atoms with Crippen molar-refractivity contribution < 1.29 is 14.3 Å². The van der Waals surface area contributed by atoms with Gasteiger partial charge in [-0.2, -0.15) is 0 Å². The van der Waals surface area contributed by atoms with Gasteiger partial charge in [0.25, 0.3) is 6.47 Å². The lowest BCUT2D eigenvalue weighted by molar-refractivity contribution is -0.122. The van der Waals surface area contributed by atoms with Crippen molar-refractivity contribution in [3.63, 3.8) is 0 Å². The van der Waals surface area contributed by atoms with E-state index in [0.717, 1.165) is 18.9 Å². The molecule has 3 aromatic heterocycles. The molecule has 0 unspecified atom stereocenters. The van der Waals surface area contributed by atoms with E-state index in [9.17, 15) is 4.39 Å². The summed E-state index contributed by atoms with van der Waals surface area (Å²) in [5.74, 6) is 1.18. The van der Waals surface area contributed by atoms with E-state index in [0.29, 0.717) is 17.2 Å². The number of anilines is 1. The maximum atomic E-state index is 13.4. The third-order valence-corrected chi connectivity index (χ3v) is 3.77. The van der Waals surface area contributed by atoms with Gasteiger partial charge in [-0.25, -0.2) is 19.3 Å². The highest BCUT2D eigenvalue weighted by Gasteiger charge is 2.16. The normalized spacial score (nSPS) is 13.6. The molecule has 4 heterocycles. The minimum atomic E-state index is -0.308. The molecule has 0 saturated carbocycles. The van der Waals surface area contributed by atoms with Crippen LogP contribution < -0.4 is 4.90 Å². The molecule has 1 aliphatic heterocycles. The van der Waals surface area contributed by atoms with E-state index >= 15 is 0 Å². The minimum absolute atomic E-state index is 0.250. The molecule has 8 heteroatoms. The number of carbonyl (C=O) groups is 1. The summed E-state index contributed by atoms with van der Waals surface area (Å²) in [6, 6.07) is 4.95. The molecule has 1 fully saturated rings. The molecule has 3 aromatic rings. The number of carboxylic acid groups (broad SMARTS) is 1. The van der Waals surface area contributed by atoms with Crippen LogP contribution in [0.1, 0.15) is 12.8 Å². The third-order valence-electron chi connectivity index (χ3n) is 3.77. The number of hydrogen-bond donors (Lipinski definition) is 1. The second-order valence-electron chi connectivity index (χ2n) is 5.26. The van der Waals surface area contributed by atoms with Crippen LogP contribution in [0.15, 0.2) is 36.8 Å². The molecule has 4 rings (SSSR count). The quantitative estimate of drug-likeness (QED) is 0.726. The number of halogens is 1. The molecule has 1 N–H and O–H groups in total. The third kappa shape index (κ3) is 3.17. The van der Waals surface area contributed by atoms with E-state index in [2.05, 4.69) is 19.9 Å². The highest BCUT2D eigenvalue weighted by atomic mass is 19.1. The van der Waals surface area contributed by atoms with Crippen molar-refractivity contribution in [1.29, 1.82) is 0 Å². The van der Waals surface area contributed by atoms with E-state index in [1.54, 1.807) is 22.9 Å². The van der Waals surface area contributed by atoms with Crippen LogP contribution in [0.2, 0.25) is 0 Å². The van der Waals surface area contributed by atoms with Crippen molar-refractivity contribution in [1.82, 2.24) is 19.4 Å². The van der Waals surface area contributed by atoms with Crippen molar-refractivity contribution in [2.45, 2.75) is 12.8 Å². The van der Waals surface area contributed by atoms with E-state index in [1.165, 1.54) is 25.1 Å². The summed E-state index contributed by atoms with van der Waals surface area (Å²) in [6.07, 6.45) is 7.22. The average Bonchev–Trinajstić information content (AvgIpc) is 3.25. The molecular weight excluding hydrogens is 313 g/mol. The zero-order valence-electron chi connectivity index (χ0n) is 12.8. The standard InChI is InChI=1S/C15H14FN5.CH2O2/c16-11-3-4-13-18-9-12(21(13)10-11)15-17-6-5-14(19-15)20-7-1-2-8-20;2-1-3/h3-6,9-10H,1-2,7-8H2;1H,(H,2,3). The summed E-state index contributed by atoms with van der Waals surface area (Å²) in [4.78, 5) is 23.8. The Bertz CT molecular complexity index is 845. The van der Waals surface area contributed by atoms with Crippen LogP contribution in [0.5, 0.6) is 0 Å². The lowest BCUT2D eigenvalue weighted by atomic mass is 10.4.